The number of nitrogens with zero attached hydrogens (tertiary/aromatic N) is 1. The number of rotatable bonds is 4. The zero-order chi connectivity index (χ0) is 19.6. The van der Waals surface area contributed by atoms with Crippen LogP contribution in [0.5, 0.6) is 11.5 Å². The third-order valence-corrected chi connectivity index (χ3v) is 6.19. The van der Waals surface area contributed by atoms with Crippen molar-refractivity contribution in [3.05, 3.63) is 48.0 Å². The predicted molar refractivity (Wildman–Crippen MR) is 104 cm³/mol. The van der Waals surface area contributed by atoms with Gasteiger partial charge in [0.1, 0.15) is 0 Å². The summed E-state index contributed by atoms with van der Waals surface area (Å²) in [6, 6.07) is 11.2. The normalized spacial score (nSPS) is 16.5. The third kappa shape index (κ3) is 3.77. The quantitative estimate of drug-likeness (QED) is 0.850. The van der Waals surface area contributed by atoms with Gasteiger partial charge in [0.15, 0.2) is 11.5 Å². The summed E-state index contributed by atoms with van der Waals surface area (Å²) in [5.41, 5.74) is 0.619. The Morgan fingerprint density at radius 3 is 2.43 bits per heavy atom. The Bertz CT molecular complexity index is 984. The van der Waals surface area contributed by atoms with Gasteiger partial charge in [0, 0.05) is 25.6 Å². The number of carbonyl (C=O) groups is 1. The van der Waals surface area contributed by atoms with Crippen LogP contribution in [-0.2, 0) is 10.0 Å². The van der Waals surface area contributed by atoms with Crippen molar-refractivity contribution in [2.45, 2.75) is 24.2 Å². The van der Waals surface area contributed by atoms with Gasteiger partial charge in [0.05, 0.1) is 29.4 Å². The largest absolute Gasteiger partial charge is 0.490 e. The van der Waals surface area contributed by atoms with Gasteiger partial charge in [-0.3, -0.25) is 9.52 Å². The van der Waals surface area contributed by atoms with E-state index in [0.29, 0.717) is 43.4 Å². The second-order valence-electron chi connectivity index (χ2n) is 6.81. The molecule has 0 unspecified atom stereocenters. The third-order valence-electron chi connectivity index (χ3n) is 4.82. The minimum absolute atomic E-state index is 0.0557. The second kappa shape index (κ2) is 7.71. The van der Waals surface area contributed by atoms with Gasteiger partial charge in [0.25, 0.3) is 15.9 Å². The lowest BCUT2D eigenvalue weighted by molar-refractivity contribution is 0.0794. The van der Waals surface area contributed by atoms with Gasteiger partial charge in [-0.25, -0.2) is 8.42 Å². The molecule has 0 aromatic heterocycles. The van der Waals surface area contributed by atoms with Crippen molar-refractivity contribution < 1.29 is 22.7 Å². The molecule has 2 aliphatic heterocycles. The Hall–Kier alpha value is -2.74. The molecule has 28 heavy (non-hydrogen) atoms. The van der Waals surface area contributed by atoms with Crippen LogP contribution in [0, 0.1) is 0 Å². The van der Waals surface area contributed by atoms with E-state index in [-0.39, 0.29) is 16.5 Å². The zero-order valence-electron chi connectivity index (χ0n) is 15.4. The minimum Gasteiger partial charge on any atom is -0.490 e. The molecule has 2 aliphatic rings. The second-order valence-corrected chi connectivity index (χ2v) is 8.49. The van der Waals surface area contributed by atoms with Crippen molar-refractivity contribution in [3.63, 3.8) is 0 Å². The van der Waals surface area contributed by atoms with Crippen LogP contribution in [0.25, 0.3) is 0 Å². The maximum absolute atomic E-state index is 12.9. The number of fused-ring (bicyclic) bond motifs is 1. The van der Waals surface area contributed by atoms with Crippen molar-refractivity contribution in [2.75, 3.05) is 31.0 Å². The van der Waals surface area contributed by atoms with Crippen LogP contribution in [0.3, 0.4) is 0 Å². The summed E-state index contributed by atoms with van der Waals surface area (Å²) in [5.74, 6) is 0.775. The number of para-hydroxylation sites is 1. The average Bonchev–Trinajstić information content (AvgIpc) is 3.13. The molecule has 0 aliphatic carbocycles. The number of carbonyl (C=O) groups excluding carboxylic acids is 1. The van der Waals surface area contributed by atoms with E-state index in [1.807, 2.05) is 0 Å². The lowest BCUT2D eigenvalue weighted by Crippen LogP contribution is -2.28. The van der Waals surface area contributed by atoms with E-state index in [1.54, 1.807) is 35.2 Å². The predicted octanol–water partition coefficient (Wildman–Crippen LogP) is 2.88. The van der Waals surface area contributed by atoms with Gasteiger partial charge in [-0.2, -0.15) is 0 Å². The van der Waals surface area contributed by atoms with Crippen LogP contribution in [-0.4, -0.2) is 45.5 Å². The molecule has 7 nitrogen and oxygen atoms in total. The van der Waals surface area contributed by atoms with Gasteiger partial charge < -0.3 is 14.4 Å². The first-order valence-electron chi connectivity index (χ1n) is 9.35. The van der Waals surface area contributed by atoms with Crippen molar-refractivity contribution >= 4 is 21.6 Å². The molecule has 0 radical (unpaired) electrons. The Morgan fingerprint density at radius 2 is 1.64 bits per heavy atom. The van der Waals surface area contributed by atoms with E-state index in [0.717, 1.165) is 19.3 Å². The summed E-state index contributed by atoms with van der Waals surface area (Å²) in [5, 5.41) is 0. The zero-order valence-corrected chi connectivity index (χ0v) is 16.2. The first-order chi connectivity index (χ1) is 13.5. The molecule has 0 bridgehead atoms. The summed E-state index contributed by atoms with van der Waals surface area (Å²) in [6.07, 6.45) is 2.68. The molecule has 0 saturated carbocycles. The fourth-order valence-electron chi connectivity index (χ4n) is 3.36. The van der Waals surface area contributed by atoms with Crippen LogP contribution in [0.4, 0.5) is 5.69 Å². The molecule has 0 atom stereocenters. The highest BCUT2D eigenvalue weighted by Gasteiger charge is 2.25. The fourth-order valence-corrected chi connectivity index (χ4v) is 4.46. The Kier molecular flexibility index (Phi) is 5.13. The van der Waals surface area contributed by atoms with Crippen LogP contribution >= 0.6 is 0 Å². The van der Waals surface area contributed by atoms with E-state index in [1.165, 1.54) is 12.1 Å². The molecule has 1 amide bonds. The summed E-state index contributed by atoms with van der Waals surface area (Å²) < 4.78 is 39.6. The first kappa shape index (κ1) is 18.6. The maximum atomic E-state index is 12.9. The number of nitrogens with one attached hydrogen (secondary N) is 1. The Labute approximate surface area is 164 Å². The summed E-state index contributed by atoms with van der Waals surface area (Å²) in [4.78, 5) is 14.6. The number of anilines is 1. The number of sulfonamides is 1. The van der Waals surface area contributed by atoms with E-state index in [2.05, 4.69) is 4.72 Å². The molecule has 1 fully saturated rings. The highest BCUT2D eigenvalue weighted by Crippen LogP contribution is 2.33. The van der Waals surface area contributed by atoms with Gasteiger partial charge >= 0.3 is 0 Å². The lowest BCUT2D eigenvalue weighted by Gasteiger charge is -2.18. The molecule has 148 valence electrons. The van der Waals surface area contributed by atoms with Crippen LogP contribution < -0.4 is 14.2 Å². The number of ether oxygens (including phenoxy) is 2. The maximum Gasteiger partial charge on any atom is 0.262 e. The average molecular weight is 402 g/mol. The van der Waals surface area contributed by atoms with Crippen LogP contribution in [0.1, 0.15) is 29.6 Å². The fraction of sp³-hybridized carbons (Fsp3) is 0.350. The standard InChI is InChI=1S/C20H22N2O5S/c23-20(22-10-3-4-11-22)16-6-1-2-7-17(16)21-28(24,25)15-8-9-18-19(14-15)27-13-5-12-26-18/h1-2,6-9,14,21H,3-5,10-13H2. The minimum atomic E-state index is -3.89. The van der Waals surface area contributed by atoms with E-state index in [9.17, 15) is 13.2 Å². The van der Waals surface area contributed by atoms with Crippen molar-refractivity contribution in [2.24, 2.45) is 0 Å². The van der Waals surface area contributed by atoms with Gasteiger partial charge in [-0.15, -0.1) is 0 Å². The van der Waals surface area contributed by atoms with Crippen molar-refractivity contribution in [1.29, 1.82) is 0 Å². The molecule has 1 N–H and O–H groups in total. The highest BCUT2D eigenvalue weighted by atomic mass is 32.2. The highest BCUT2D eigenvalue weighted by molar-refractivity contribution is 7.92. The van der Waals surface area contributed by atoms with Crippen molar-refractivity contribution in [1.82, 2.24) is 4.90 Å². The number of hydrogen-bond acceptors (Lipinski definition) is 5. The molecule has 1 saturated heterocycles. The van der Waals surface area contributed by atoms with E-state index >= 15 is 0 Å². The molecular formula is C20H22N2O5S. The SMILES string of the molecule is O=C(c1ccccc1NS(=O)(=O)c1ccc2c(c1)OCCCO2)N1CCCC1. The topological polar surface area (TPSA) is 84.9 Å². The summed E-state index contributed by atoms with van der Waals surface area (Å²) >= 11 is 0. The Morgan fingerprint density at radius 1 is 0.929 bits per heavy atom. The van der Waals surface area contributed by atoms with E-state index < -0.39 is 10.0 Å². The number of hydrogen-bond donors (Lipinski definition) is 1. The summed E-state index contributed by atoms with van der Waals surface area (Å²) in [7, 11) is -3.89. The number of benzene rings is 2. The molecule has 0 spiro atoms. The first-order valence-corrected chi connectivity index (χ1v) is 10.8. The Balaban J connectivity index is 1.62. The molecule has 8 heteroatoms. The molecular weight excluding hydrogens is 380 g/mol. The number of likely N-dealkylation sites (tertiary alicyclic amines) is 1. The lowest BCUT2D eigenvalue weighted by atomic mass is 10.1. The van der Waals surface area contributed by atoms with Crippen LogP contribution in [0.2, 0.25) is 0 Å². The van der Waals surface area contributed by atoms with Crippen LogP contribution in [0.15, 0.2) is 47.4 Å². The molecule has 2 heterocycles. The molecule has 2 aromatic rings. The monoisotopic (exact) mass is 402 g/mol. The van der Waals surface area contributed by atoms with E-state index in [4.69, 9.17) is 9.47 Å². The van der Waals surface area contributed by atoms with Gasteiger partial charge in [0.2, 0.25) is 0 Å². The smallest absolute Gasteiger partial charge is 0.262 e. The van der Waals surface area contributed by atoms with Gasteiger partial charge in [-0.05, 0) is 37.1 Å². The molecule has 2 aromatic carbocycles. The number of amides is 1. The van der Waals surface area contributed by atoms with Gasteiger partial charge in [-0.1, -0.05) is 12.1 Å². The summed E-state index contributed by atoms with van der Waals surface area (Å²) in [6.45, 7) is 2.39. The molecule has 4 rings (SSSR count). The van der Waals surface area contributed by atoms with Crippen molar-refractivity contribution in [3.8, 4) is 11.5 Å².